The minimum Gasteiger partial charge on any atom is -0.493 e. The molecular weight excluding hydrogens is 436 g/mol. The predicted molar refractivity (Wildman–Crippen MR) is 130 cm³/mol. The van der Waals surface area contributed by atoms with E-state index in [1.807, 2.05) is 49.4 Å². The van der Waals surface area contributed by atoms with Gasteiger partial charge in [-0.15, -0.1) is 11.8 Å². The Morgan fingerprint density at radius 1 is 0.939 bits per heavy atom. The topological polar surface area (TPSA) is 59.1 Å². The monoisotopic (exact) mass is 460 g/mol. The van der Waals surface area contributed by atoms with Crippen molar-refractivity contribution in [1.82, 2.24) is 0 Å². The van der Waals surface area contributed by atoms with Crippen LogP contribution in [-0.4, -0.2) is 31.8 Å². The van der Waals surface area contributed by atoms with Crippen LogP contribution in [0.25, 0.3) is 0 Å². The maximum absolute atomic E-state index is 14.1. The summed E-state index contributed by atoms with van der Waals surface area (Å²) >= 11 is 1.37. The summed E-state index contributed by atoms with van der Waals surface area (Å²) in [4.78, 5) is 29.6. The van der Waals surface area contributed by atoms with Gasteiger partial charge in [0.05, 0.1) is 32.2 Å². The summed E-state index contributed by atoms with van der Waals surface area (Å²) in [6, 6.07) is 21.2. The molecule has 0 aromatic heterocycles. The van der Waals surface area contributed by atoms with E-state index in [4.69, 9.17) is 9.47 Å². The molecule has 7 heteroatoms. The van der Waals surface area contributed by atoms with Crippen molar-refractivity contribution in [2.24, 2.45) is 0 Å². The third kappa shape index (κ3) is 3.26. The number of benzene rings is 3. The quantitative estimate of drug-likeness (QED) is 0.562. The van der Waals surface area contributed by atoms with Crippen molar-refractivity contribution < 1.29 is 19.1 Å². The van der Waals surface area contributed by atoms with Gasteiger partial charge in [-0.1, -0.05) is 48.0 Å². The van der Waals surface area contributed by atoms with E-state index in [2.05, 4.69) is 6.07 Å². The highest BCUT2D eigenvalue weighted by molar-refractivity contribution is 8.02. The van der Waals surface area contributed by atoms with Crippen molar-refractivity contribution in [3.63, 3.8) is 0 Å². The number of carbonyl (C=O) groups excluding carboxylic acids is 2. The maximum atomic E-state index is 14.1. The van der Waals surface area contributed by atoms with Crippen molar-refractivity contribution >= 4 is 35.0 Å². The number of aryl methyl sites for hydroxylation is 1. The summed E-state index contributed by atoms with van der Waals surface area (Å²) in [5.74, 6) is 1.05. The van der Waals surface area contributed by atoms with E-state index < -0.39 is 4.87 Å². The molecular formula is C26H24N2O4S. The number of anilines is 2. The Labute approximate surface area is 197 Å². The van der Waals surface area contributed by atoms with Gasteiger partial charge in [-0.25, -0.2) is 0 Å². The molecule has 6 nitrogen and oxygen atoms in total. The number of methoxy groups -OCH3 is 2. The minimum absolute atomic E-state index is 0.115. The number of amides is 2. The van der Waals surface area contributed by atoms with Crippen LogP contribution in [0, 0.1) is 6.92 Å². The zero-order chi connectivity index (χ0) is 23.2. The molecule has 0 N–H and O–H groups in total. The SMILES string of the molecule is COc1ccc(N2C(=O)CS[C@@]23C(=O)N(Cc2cccc(C)c2)c2ccccc23)cc1OC. The molecule has 2 amide bonds. The van der Waals surface area contributed by atoms with Gasteiger partial charge >= 0.3 is 0 Å². The van der Waals surface area contributed by atoms with Crippen LogP contribution in [0.2, 0.25) is 0 Å². The molecule has 0 radical (unpaired) electrons. The highest BCUT2D eigenvalue weighted by Crippen LogP contribution is 2.56. The Bertz CT molecular complexity index is 1260. The van der Waals surface area contributed by atoms with Crippen LogP contribution in [0.5, 0.6) is 11.5 Å². The zero-order valence-electron chi connectivity index (χ0n) is 18.7. The van der Waals surface area contributed by atoms with Crippen LogP contribution < -0.4 is 19.3 Å². The predicted octanol–water partition coefficient (Wildman–Crippen LogP) is 4.49. The van der Waals surface area contributed by atoms with E-state index in [9.17, 15) is 9.59 Å². The molecule has 0 aliphatic carbocycles. The highest BCUT2D eigenvalue weighted by atomic mass is 32.2. The molecule has 0 unspecified atom stereocenters. The van der Waals surface area contributed by atoms with Crippen molar-refractivity contribution in [1.29, 1.82) is 0 Å². The first-order chi connectivity index (χ1) is 16.0. The van der Waals surface area contributed by atoms with Crippen molar-refractivity contribution in [2.75, 3.05) is 29.8 Å². The number of hydrogen-bond acceptors (Lipinski definition) is 5. The lowest BCUT2D eigenvalue weighted by atomic mass is 10.0. The summed E-state index contributed by atoms with van der Waals surface area (Å²) in [5.41, 5.74) is 4.44. The number of hydrogen-bond donors (Lipinski definition) is 0. The first-order valence-electron chi connectivity index (χ1n) is 10.7. The molecule has 5 rings (SSSR count). The number of carbonyl (C=O) groups is 2. The van der Waals surface area contributed by atoms with Crippen molar-refractivity contribution in [3.05, 3.63) is 83.4 Å². The van der Waals surface area contributed by atoms with Gasteiger partial charge < -0.3 is 14.4 Å². The van der Waals surface area contributed by atoms with Gasteiger partial charge in [-0.3, -0.25) is 14.5 Å². The fourth-order valence-corrected chi connectivity index (χ4v) is 6.03. The number of thioether (sulfide) groups is 1. The Hall–Kier alpha value is -3.45. The molecule has 1 spiro atoms. The average molecular weight is 461 g/mol. The van der Waals surface area contributed by atoms with E-state index in [0.717, 1.165) is 22.4 Å². The summed E-state index contributed by atoms with van der Waals surface area (Å²) in [6.07, 6.45) is 0. The number of nitrogens with zero attached hydrogens (tertiary/aromatic N) is 2. The maximum Gasteiger partial charge on any atom is 0.269 e. The van der Waals surface area contributed by atoms with Gasteiger partial charge in [-0.2, -0.15) is 0 Å². The number of rotatable bonds is 5. The molecule has 2 aliphatic heterocycles. The lowest BCUT2D eigenvalue weighted by molar-refractivity contribution is -0.123. The van der Waals surface area contributed by atoms with E-state index in [0.29, 0.717) is 23.7 Å². The average Bonchev–Trinajstić information content (AvgIpc) is 3.29. The molecule has 1 fully saturated rings. The van der Waals surface area contributed by atoms with Crippen molar-refractivity contribution in [2.45, 2.75) is 18.3 Å². The van der Waals surface area contributed by atoms with Gasteiger partial charge in [-0.05, 0) is 30.7 Å². The van der Waals surface area contributed by atoms with Crippen molar-refractivity contribution in [3.8, 4) is 11.5 Å². The minimum atomic E-state index is -1.16. The Morgan fingerprint density at radius 2 is 1.73 bits per heavy atom. The second kappa shape index (κ2) is 8.15. The lowest BCUT2D eigenvalue weighted by Gasteiger charge is -2.33. The van der Waals surface area contributed by atoms with Crippen LogP contribution in [0.1, 0.15) is 16.7 Å². The number of fused-ring (bicyclic) bond motifs is 2. The second-order valence-electron chi connectivity index (χ2n) is 8.10. The van der Waals surface area contributed by atoms with E-state index in [-0.39, 0.29) is 17.6 Å². The van der Waals surface area contributed by atoms with Gasteiger partial charge in [0.25, 0.3) is 5.91 Å². The normalized spacial score (nSPS) is 19.4. The fourth-order valence-electron chi connectivity index (χ4n) is 4.67. The van der Waals surface area contributed by atoms with Crippen LogP contribution in [0.15, 0.2) is 66.7 Å². The molecule has 168 valence electrons. The summed E-state index contributed by atoms with van der Waals surface area (Å²) < 4.78 is 10.8. The van der Waals surface area contributed by atoms with Gasteiger partial charge in [0.2, 0.25) is 10.8 Å². The second-order valence-corrected chi connectivity index (χ2v) is 9.27. The molecule has 0 saturated carbocycles. The molecule has 2 heterocycles. The lowest BCUT2D eigenvalue weighted by Crippen LogP contribution is -2.49. The standard InChI is InChI=1S/C26H24N2O4S/c1-17-7-6-8-18(13-17)15-27-21-10-5-4-9-20(21)26(25(27)30)28(24(29)16-33-26)19-11-12-22(31-2)23(14-19)32-3/h4-14H,15-16H2,1-3H3/t26-/m0/s1. The number of para-hydroxylation sites is 1. The van der Waals surface area contributed by atoms with Gasteiger partial charge in [0, 0.05) is 17.3 Å². The van der Waals surface area contributed by atoms with Gasteiger partial charge in [0.15, 0.2) is 11.5 Å². The Morgan fingerprint density at radius 3 is 2.48 bits per heavy atom. The third-order valence-corrected chi connectivity index (χ3v) is 7.50. The van der Waals surface area contributed by atoms with Gasteiger partial charge in [0.1, 0.15) is 0 Å². The Balaban J connectivity index is 1.63. The molecule has 1 saturated heterocycles. The smallest absolute Gasteiger partial charge is 0.269 e. The number of ether oxygens (including phenoxy) is 2. The summed E-state index contributed by atoms with van der Waals surface area (Å²) in [5, 5.41) is 0. The first-order valence-corrected chi connectivity index (χ1v) is 11.6. The third-order valence-electron chi connectivity index (χ3n) is 6.11. The molecule has 0 bridgehead atoms. The molecule has 3 aromatic rings. The molecule has 33 heavy (non-hydrogen) atoms. The zero-order valence-corrected chi connectivity index (χ0v) is 19.5. The van der Waals surface area contributed by atoms with Crippen LogP contribution >= 0.6 is 11.8 Å². The van der Waals surface area contributed by atoms with Crippen LogP contribution in [0.4, 0.5) is 11.4 Å². The largest absolute Gasteiger partial charge is 0.493 e. The van der Waals surface area contributed by atoms with Crippen LogP contribution in [0.3, 0.4) is 0 Å². The molecule has 2 aliphatic rings. The Kier molecular flexibility index (Phi) is 5.29. The highest BCUT2D eigenvalue weighted by Gasteiger charge is 2.61. The van der Waals surface area contributed by atoms with E-state index in [1.54, 1.807) is 42.2 Å². The molecule has 3 aromatic carbocycles. The van der Waals surface area contributed by atoms with Crippen LogP contribution in [-0.2, 0) is 21.0 Å². The summed E-state index contributed by atoms with van der Waals surface area (Å²) in [6.45, 7) is 2.48. The van der Waals surface area contributed by atoms with E-state index >= 15 is 0 Å². The molecule has 1 atom stereocenters. The summed E-state index contributed by atoms with van der Waals surface area (Å²) in [7, 11) is 3.12. The fraction of sp³-hybridized carbons (Fsp3) is 0.231. The first kappa shape index (κ1) is 21.4. The van der Waals surface area contributed by atoms with E-state index in [1.165, 1.54) is 11.8 Å².